The van der Waals surface area contributed by atoms with Gasteiger partial charge in [-0.05, 0) is 47.9 Å². The van der Waals surface area contributed by atoms with Crippen molar-refractivity contribution in [1.29, 1.82) is 0 Å². The maximum Gasteiger partial charge on any atom is 0.412 e. The fraction of sp³-hybridized carbons (Fsp3) is 0.222. The van der Waals surface area contributed by atoms with Crippen LogP contribution in [0.5, 0.6) is 11.5 Å². The first kappa shape index (κ1) is 18.0. The molecule has 2 rings (SSSR count). The first-order chi connectivity index (χ1) is 11.4. The van der Waals surface area contributed by atoms with Crippen molar-refractivity contribution in [3.8, 4) is 11.5 Å². The maximum atomic E-state index is 11.3. The number of phenolic OH excluding ortho intramolecular Hbond substituents is 1. The van der Waals surface area contributed by atoms with Crippen LogP contribution in [-0.2, 0) is 0 Å². The predicted octanol–water partition coefficient (Wildman–Crippen LogP) is 4.75. The molecule has 0 atom stereocenters. The van der Waals surface area contributed by atoms with Gasteiger partial charge in [-0.15, -0.1) is 0 Å². The molecular formula is C18H19BrN2O3. The van der Waals surface area contributed by atoms with Crippen molar-refractivity contribution in [1.82, 2.24) is 5.32 Å². The summed E-state index contributed by atoms with van der Waals surface area (Å²) in [5, 5.41) is 12.3. The fourth-order valence-corrected chi connectivity index (χ4v) is 2.48. The van der Waals surface area contributed by atoms with Gasteiger partial charge in [0.1, 0.15) is 11.5 Å². The van der Waals surface area contributed by atoms with Gasteiger partial charge in [0.2, 0.25) is 0 Å². The second-order valence-electron chi connectivity index (χ2n) is 5.48. The molecule has 0 aliphatic carbocycles. The van der Waals surface area contributed by atoms with Crippen LogP contribution in [0.4, 0.5) is 10.5 Å². The topological polar surface area (TPSA) is 70.9 Å². The van der Waals surface area contributed by atoms with E-state index in [0.29, 0.717) is 11.3 Å². The molecule has 0 saturated heterocycles. The van der Waals surface area contributed by atoms with Crippen LogP contribution in [-0.4, -0.2) is 24.5 Å². The molecule has 0 fully saturated rings. The summed E-state index contributed by atoms with van der Waals surface area (Å²) < 4.78 is 6.02. The maximum absolute atomic E-state index is 11.3. The number of rotatable bonds is 4. The molecule has 2 N–H and O–H groups in total. The molecular weight excluding hydrogens is 372 g/mol. The SMILES string of the molecule is CNC(=O)Oc1ccc(N=Cc2cc(Br)ccc2O)c(C(C)C)c1. The van der Waals surface area contributed by atoms with E-state index >= 15 is 0 Å². The van der Waals surface area contributed by atoms with Gasteiger partial charge in [0.15, 0.2) is 0 Å². The van der Waals surface area contributed by atoms with E-state index in [9.17, 15) is 9.90 Å². The van der Waals surface area contributed by atoms with Crippen molar-refractivity contribution >= 4 is 33.9 Å². The first-order valence-corrected chi connectivity index (χ1v) is 8.26. The number of hydrogen-bond donors (Lipinski definition) is 2. The number of amides is 1. The highest BCUT2D eigenvalue weighted by Crippen LogP contribution is 2.31. The molecule has 0 bridgehead atoms. The van der Waals surface area contributed by atoms with E-state index in [2.05, 4.69) is 26.2 Å². The van der Waals surface area contributed by atoms with Crippen molar-refractivity contribution in [3.05, 3.63) is 52.0 Å². The number of aliphatic imine (C=N–C) groups is 1. The number of nitrogens with one attached hydrogen (secondary N) is 1. The van der Waals surface area contributed by atoms with E-state index in [1.807, 2.05) is 13.8 Å². The van der Waals surface area contributed by atoms with Gasteiger partial charge >= 0.3 is 6.09 Å². The Morgan fingerprint density at radius 1 is 1.29 bits per heavy atom. The second-order valence-corrected chi connectivity index (χ2v) is 6.39. The Labute approximate surface area is 149 Å². The predicted molar refractivity (Wildman–Crippen MR) is 98.7 cm³/mol. The Balaban J connectivity index is 2.34. The third-order valence-electron chi connectivity index (χ3n) is 3.37. The Bertz CT molecular complexity index is 773. The van der Waals surface area contributed by atoms with Gasteiger partial charge in [-0.3, -0.25) is 4.99 Å². The Kier molecular flexibility index (Phi) is 5.98. The fourth-order valence-electron chi connectivity index (χ4n) is 2.10. The molecule has 0 aliphatic rings. The van der Waals surface area contributed by atoms with Gasteiger partial charge in [0.05, 0.1) is 5.69 Å². The summed E-state index contributed by atoms with van der Waals surface area (Å²) in [5.74, 6) is 0.816. The van der Waals surface area contributed by atoms with Gasteiger partial charge in [-0.25, -0.2) is 4.79 Å². The minimum absolute atomic E-state index is 0.160. The number of benzene rings is 2. The lowest BCUT2D eigenvalue weighted by Crippen LogP contribution is -2.22. The number of carbonyl (C=O) groups excluding carboxylic acids is 1. The van der Waals surface area contributed by atoms with Crippen molar-refractivity contribution < 1.29 is 14.6 Å². The van der Waals surface area contributed by atoms with Gasteiger partial charge in [-0.1, -0.05) is 29.8 Å². The highest BCUT2D eigenvalue weighted by atomic mass is 79.9. The zero-order valence-corrected chi connectivity index (χ0v) is 15.3. The lowest BCUT2D eigenvalue weighted by molar-refractivity contribution is 0.203. The van der Waals surface area contributed by atoms with E-state index in [4.69, 9.17) is 4.74 Å². The largest absolute Gasteiger partial charge is 0.507 e. The standard InChI is InChI=1S/C18H19BrN2O3/c1-11(2)15-9-14(24-18(23)20-3)5-6-16(15)21-10-12-8-13(19)4-7-17(12)22/h4-11,22H,1-3H3,(H,20,23). The van der Waals surface area contributed by atoms with Crippen LogP contribution in [0.2, 0.25) is 0 Å². The third kappa shape index (κ3) is 4.58. The molecule has 0 aliphatic heterocycles. The highest BCUT2D eigenvalue weighted by molar-refractivity contribution is 9.10. The number of ether oxygens (including phenoxy) is 1. The summed E-state index contributed by atoms with van der Waals surface area (Å²) in [4.78, 5) is 15.8. The number of nitrogens with zero attached hydrogens (tertiary/aromatic N) is 1. The van der Waals surface area contributed by atoms with Gasteiger partial charge in [0.25, 0.3) is 0 Å². The molecule has 0 aromatic heterocycles. The van der Waals surface area contributed by atoms with Crippen LogP contribution in [0, 0.1) is 0 Å². The average Bonchev–Trinajstić information content (AvgIpc) is 2.56. The summed E-state index contributed by atoms with van der Waals surface area (Å²) in [6.45, 7) is 4.07. The summed E-state index contributed by atoms with van der Waals surface area (Å²) in [5.41, 5.74) is 2.32. The Hall–Kier alpha value is -2.34. The van der Waals surface area contributed by atoms with Crippen LogP contribution in [0.3, 0.4) is 0 Å². The van der Waals surface area contributed by atoms with Crippen molar-refractivity contribution in [2.45, 2.75) is 19.8 Å². The summed E-state index contributed by atoms with van der Waals surface area (Å²) in [6.07, 6.45) is 1.10. The molecule has 6 heteroatoms. The van der Waals surface area contributed by atoms with Crippen molar-refractivity contribution in [2.75, 3.05) is 7.05 Å². The van der Waals surface area contributed by atoms with Gasteiger partial charge in [-0.2, -0.15) is 0 Å². The molecule has 126 valence electrons. The Morgan fingerprint density at radius 2 is 2.04 bits per heavy atom. The molecule has 0 heterocycles. The molecule has 2 aromatic rings. The van der Waals surface area contributed by atoms with Crippen LogP contribution in [0.25, 0.3) is 0 Å². The van der Waals surface area contributed by atoms with Crippen LogP contribution in [0.15, 0.2) is 45.9 Å². The zero-order chi connectivity index (χ0) is 17.7. The lowest BCUT2D eigenvalue weighted by atomic mass is 10.0. The second kappa shape index (κ2) is 7.97. The molecule has 0 radical (unpaired) electrons. The summed E-state index contributed by atoms with van der Waals surface area (Å²) >= 11 is 3.37. The molecule has 0 unspecified atom stereocenters. The molecule has 5 nitrogen and oxygen atoms in total. The van der Waals surface area contributed by atoms with E-state index in [1.165, 1.54) is 7.05 Å². The number of carbonyl (C=O) groups is 1. The summed E-state index contributed by atoms with van der Waals surface area (Å²) in [6, 6.07) is 10.4. The zero-order valence-electron chi connectivity index (χ0n) is 13.7. The van der Waals surface area contributed by atoms with Crippen LogP contribution < -0.4 is 10.1 Å². The third-order valence-corrected chi connectivity index (χ3v) is 3.86. The first-order valence-electron chi connectivity index (χ1n) is 7.46. The normalized spacial score (nSPS) is 11.0. The molecule has 0 spiro atoms. The van der Waals surface area contributed by atoms with Crippen molar-refractivity contribution in [2.24, 2.45) is 4.99 Å². The molecule has 1 amide bonds. The molecule has 0 saturated carbocycles. The molecule has 2 aromatic carbocycles. The van der Waals surface area contributed by atoms with E-state index < -0.39 is 6.09 Å². The average molecular weight is 391 g/mol. The number of hydrogen-bond acceptors (Lipinski definition) is 4. The monoisotopic (exact) mass is 390 g/mol. The Morgan fingerprint density at radius 3 is 2.71 bits per heavy atom. The highest BCUT2D eigenvalue weighted by Gasteiger charge is 2.10. The van der Waals surface area contributed by atoms with E-state index in [1.54, 1.807) is 42.6 Å². The smallest absolute Gasteiger partial charge is 0.412 e. The van der Waals surface area contributed by atoms with E-state index in [0.717, 1.165) is 15.7 Å². The number of halogens is 1. The van der Waals surface area contributed by atoms with E-state index in [-0.39, 0.29) is 11.7 Å². The van der Waals surface area contributed by atoms with Gasteiger partial charge in [0, 0.05) is 23.3 Å². The minimum atomic E-state index is -0.514. The number of phenols is 1. The van der Waals surface area contributed by atoms with Crippen LogP contribution >= 0.6 is 15.9 Å². The van der Waals surface area contributed by atoms with Gasteiger partial charge < -0.3 is 15.2 Å². The van der Waals surface area contributed by atoms with Crippen molar-refractivity contribution in [3.63, 3.8) is 0 Å². The minimum Gasteiger partial charge on any atom is -0.507 e. The molecule has 24 heavy (non-hydrogen) atoms. The number of aromatic hydroxyl groups is 1. The quantitative estimate of drug-likeness (QED) is 0.740. The van der Waals surface area contributed by atoms with Crippen LogP contribution in [0.1, 0.15) is 30.9 Å². The lowest BCUT2D eigenvalue weighted by Gasteiger charge is -2.12. The summed E-state index contributed by atoms with van der Waals surface area (Å²) in [7, 11) is 1.51.